The van der Waals surface area contributed by atoms with Gasteiger partial charge in [0.2, 0.25) is 0 Å². The van der Waals surface area contributed by atoms with Gasteiger partial charge in [-0.1, -0.05) is 0 Å². The van der Waals surface area contributed by atoms with Crippen molar-refractivity contribution in [2.45, 2.75) is 38.5 Å². The second-order valence-corrected chi connectivity index (χ2v) is 9.71. The average molecular weight is 286 g/mol. The van der Waals surface area contributed by atoms with Crippen LogP contribution >= 0.6 is 0 Å². The lowest BCUT2D eigenvalue weighted by Gasteiger charge is -2.57. The summed E-state index contributed by atoms with van der Waals surface area (Å²) in [5.74, 6) is 2.63. The van der Waals surface area contributed by atoms with Crippen LogP contribution in [-0.4, -0.2) is 44.7 Å². The predicted molar refractivity (Wildman–Crippen MR) is 75.8 cm³/mol. The van der Waals surface area contributed by atoms with Crippen LogP contribution < -0.4 is 0 Å². The van der Waals surface area contributed by atoms with Gasteiger partial charge in [-0.3, -0.25) is 0 Å². The Bertz CT molecular complexity index is 423. The molecule has 110 valence electrons. The van der Waals surface area contributed by atoms with Crippen molar-refractivity contribution in [1.82, 2.24) is 8.61 Å². The Morgan fingerprint density at radius 3 is 1.74 bits per heavy atom. The molecule has 0 spiro atoms. The minimum Gasteiger partial charge on any atom is -0.195 e. The van der Waals surface area contributed by atoms with Gasteiger partial charge in [0.1, 0.15) is 0 Å². The lowest BCUT2D eigenvalue weighted by molar-refractivity contribution is -0.0586. The zero-order chi connectivity index (χ0) is 13.8. The van der Waals surface area contributed by atoms with Crippen molar-refractivity contribution in [3.05, 3.63) is 0 Å². The van der Waals surface area contributed by atoms with E-state index in [9.17, 15) is 8.42 Å². The third-order valence-electron chi connectivity index (χ3n) is 5.58. The summed E-state index contributed by atoms with van der Waals surface area (Å²) in [7, 11) is 1.72. The summed E-state index contributed by atoms with van der Waals surface area (Å²) in [6.07, 6.45) is 7.99. The quantitative estimate of drug-likeness (QED) is 0.792. The molecule has 0 aliphatic heterocycles. The number of rotatable bonds is 4. The lowest BCUT2D eigenvalue weighted by Crippen LogP contribution is -2.52. The number of nitrogens with zero attached hydrogens (tertiary/aromatic N) is 2. The van der Waals surface area contributed by atoms with Crippen LogP contribution in [0.5, 0.6) is 0 Å². The SMILES string of the molecule is CN(C)S(=O)(=O)N(C)CC12CC3CC(CC(C3)C1)C2. The van der Waals surface area contributed by atoms with Gasteiger partial charge >= 0.3 is 0 Å². The highest BCUT2D eigenvalue weighted by Crippen LogP contribution is 2.60. The molecule has 4 nitrogen and oxygen atoms in total. The summed E-state index contributed by atoms with van der Waals surface area (Å²) in [6, 6.07) is 0. The van der Waals surface area contributed by atoms with Gasteiger partial charge in [0.15, 0.2) is 0 Å². The number of hydrogen-bond donors (Lipinski definition) is 0. The molecule has 0 saturated heterocycles. The van der Waals surface area contributed by atoms with Crippen molar-refractivity contribution in [2.75, 3.05) is 27.7 Å². The lowest BCUT2D eigenvalue weighted by atomic mass is 9.49. The van der Waals surface area contributed by atoms with E-state index >= 15 is 0 Å². The second kappa shape index (κ2) is 4.43. The van der Waals surface area contributed by atoms with E-state index in [0.717, 1.165) is 24.3 Å². The van der Waals surface area contributed by atoms with Crippen LogP contribution in [0.2, 0.25) is 0 Å². The molecule has 0 amide bonds. The molecule has 0 radical (unpaired) electrons. The van der Waals surface area contributed by atoms with Gasteiger partial charge in [0, 0.05) is 27.7 Å². The molecule has 4 saturated carbocycles. The van der Waals surface area contributed by atoms with E-state index in [1.807, 2.05) is 0 Å². The zero-order valence-electron chi connectivity index (χ0n) is 12.3. The van der Waals surface area contributed by atoms with E-state index in [4.69, 9.17) is 0 Å². The molecule has 0 aromatic heterocycles. The Kier molecular flexibility index (Phi) is 3.23. The maximum absolute atomic E-state index is 12.2. The molecule has 19 heavy (non-hydrogen) atoms. The molecule has 4 aliphatic carbocycles. The van der Waals surface area contributed by atoms with Gasteiger partial charge < -0.3 is 0 Å². The molecule has 4 bridgehead atoms. The molecule has 5 heteroatoms. The molecule has 0 N–H and O–H groups in total. The smallest absolute Gasteiger partial charge is 0.195 e. The van der Waals surface area contributed by atoms with E-state index < -0.39 is 10.2 Å². The minimum atomic E-state index is -3.25. The summed E-state index contributed by atoms with van der Waals surface area (Å²) < 4.78 is 27.3. The van der Waals surface area contributed by atoms with E-state index in [-0.39, 0.29) is 5.41 Å². The molecule has 0 aromatic carbocycles. The maximum atomic E-state index is 12.2. The molecule has 4 rings (SSSR count). The van der Waals surface area contributed by atoms with E-state index in [1.165, 1.54) is 42.8 Å². The molecule has 0 heterocycles. The summed E-state index contributed by atoms with van der Waals surface area (Å²) >= 11 is 0. The van der Waals surface area contributed by atoms with Gasteiger partial charge in [-0.15, -0.1) is 0 Å². The van der Waals surface area contributed by atoms with Gasteiger partial charge in [0.25, 0.3) is 10.2 Å². The maximum Gasteiger partial charge on any atom is 0.281 e. The van der Waals surface area contributed by atoms with Crippen molar-refractivity contribution in [3.8, 4) is 0 Å². The van der Waals surface area contributed by atoms with Crippen molar-refractivity contribution >= 4 is 10.2 Å². The molecule has 4 aliphatic rings. The fourth-order valence-corrected chi connectivity index (χ4v) is 6.31. The van der Waals surface area contributed by atoms with Gasteiger partial charge in [-0.25, -0.2) is 0 Å². The fourth-order valence-electron chi connectivity index (χ4n) is 5.32. The Labute approximate surface area is 117 Å². The first kappa shape index (κ1) is 13.8. The summed E-state index contributed by atoms with van der Waals surface area (Å²) in [6.45, 7) is 0.719. The van der Waals surface area contributed by atoms with Gasteiger partial charge in [-0.2, -0.15) is 17.0 Å². The van der Waals surface area contributed by atoms with Crippen LogP contribution in [0, 0.1) is 23.2 Å². The highest BCUT2D eigenvalue weighted by atomic mass is 32.2. The Balaban J connectivity index is 1.76. The summed E-state index contributed by atoms with van der Waals surface area (Å²) in [5, 5.41) is 0. The molecule has 0 atom stereocenters. The first-order valence-electron chi connectivity index (χ1n) is 7.44. The van der Waals surface area contributed by atoms with Crippen molar-refractivity contribution in [1.29, 1.82) is 0 Å². The fraction of sp³-hybridized carbons (Fsp3) is 1.00. The molecule has 4 fully saturated rings. The van der Waals surface area contributed by atoms with E-state index in [2.05, 4.69) is 0 Å². The van der Waals surface area contributed by atoms with Crippen molar-refractivity contribution < 1.29 is 8.42 Å². The largest absolute Gasteiger partial charge is 0.281 e. The minimum absolute atomic E-state index is 0.284. The highest BCUT2D eigenvalue weighted by molar-refractivity contribution is 7.86. The average Bonchev–Trinajstić information content (AvgIpc) is 2.25. The topological polar surface area (TPSA) is 40.6 Å². The highest BCUT2D eigenvalue weighted by Gasteiger charge is 2.51. The van der Waals surface area contributed by atoms with Crippen LogP contribution in [0.25, 0.3) is 0 Å². The monoisotopic (exact) mass is 286 g/mol. The van der Waals surface area contributed by atoms with Gasteiger partial charge in [-0.05, 0) is 61.7 Å². The van der Waals surface area contributed by atoms with E-state index in [1.54, 1.807) is 25.4 Å². The normalized spacial score (nSPS) is 41.4. The molecule has 0 aromatic rings. The van der Waals surface area contributed by atoms with Crippen molar-refractivity contribution in [2.24, 2.45) is 23.2 Å². The second-order valence-electron chi connectivity index (χ2n) is 7.46. The Hall–Kier alpha value is -0.130. The standard InChI is InChI=1S/C14H26N2O2S/c1-15(2)19(17,18)16(3)10-14-7-11-4-12(8-14)6-13(5-11)9-14/h11-13H,4-10H2,1-3H3. The molecular formula is C14H26N2O2S. The van der Waals surface area contributed by atoms with Crippen molar-refractivity contribution in [3.63, 3.8) is 0 Å². The van der Waals surface area contributed by atoms with Crippen LogP contribution in [0.15, 0.2) is 0 Å². The first-order chi connectivity index (χ1) is 8.81. The van der Waals surface area contributed by atoms with Crippen LogP contribution in [-0.2, 0) is 10.2 Å². The third-order valence-corrected chi connectivity index (χ3v) is 7.42. The summed E-state index contributed by atoms with van der Waals surface area (Å²) in [4.78, 5) is 0. The third kappa shape index (κ3) is 2.34. The Morgan fingerprint density at radius 1 is 0.947 bits per heavy atom. The zero-order valence-corrected chi connectivity index (χ0v) is 13.1. The van der Waals surface area contributed by atoms with Crippen LogP contribution in [0.1, 0.15) is 38.5 Å². The number of hydrogen-bond acceptors (Lipinski definition) is 2. The van der Waals surface area contributed by atoms with Crippen LogP contribution in [0.3, 0.4) is 0 Å². The Morgan fingerprint density at radius 2 is 1.37 bits per heavy atom. The van der Waals surface area contributed by atoms with Gasteiger partial charge in [0.05, 0.1) is 0 Å². The first-order valence-corrected chi connectivity index (χ1v) is 8.84. The molecule has 0 unspecified atom stereocenters. The predicted octanol–water partition coefficient (Wildman–Crippen LogP) is 1.94. The van der Waals surface area contributed by atoms with E-state index in [0.29, 0.717) is 0 Å². The van der Waals surface area contributed by atoms with Crippen LogP contribution in [0.4, 0.5) is 0 Å². The molecular weight excluding hydrogens is 260 g/mol. The summed E-state index contributed by atoms with van der Waals surface area (Å²) in [5.41, 5.74) is 0.284.